The molecule has 0 radical (unpaired) electrons. The minimum absolute atomic E-state index is 0.195. The number of ether oxygens (including phenoxy) is 1. The summed E-state index contributed by atoms with van der Waals surface area (Å²) in [7, 11) is 0. The van der Waals surface area contributed by atoms with E-state index in [4.69, 9.17) is 39.5 Å². The number of morpholine rings is 1. The normalized spacial score (nSPS) is 15.7. The van der Waals surface area contributed by atoms with Gasteiger partial charge in [-0.15, -0.1) is 11.3 Å². The summed E-state index contributed by atoms with van der Waals surface area (Å²) in [6.45, 7) is 6.90. The second-order valence-corrected chi connectivity index (χ2v) is 12.0. The van der Waals surface area contributed by atoms with Crippen LogP contribution in [0.3, 0.4) is 0 Å². The third-order valence-corrected chi connectivity index (χ3v) is 9.02. The van der Waals surface area contributed by atoms with Gasteiger partial charge >= 0.3 is 0 Å². The molecule has 0 atom stereocenters. The number of benzene rings is 1. The molecule has 0 bridgehead atoms. The van der Waals surface area contributed by atoms with E-state index in [1.807, 2.05) is 10.3 Å². The molecular formula is C28H31Cl3N6O3S. The molecule has 2 aliphatic rings. The molecule has 2 aliphatic heterocycles. The van der Waals surface area contributed by atoms with Gasteiger partial charge < -0.3 is 30.5 Å². The summed E-state index contributed by atoms with van der Waals surface area (Å²) in [4.78, 5) is 36.1. The number of carbonyl (C=O) groups excluding carboxylic acids is 2. The third kappa shape index (κ3) is 7.70. The predicted octanol–water partition coefficient (Wildman–Crippen LogP) is 5.63. The van der Waals surface area contributed by atoms with Crippen LogP contribution in [0, 0.1) is 0 Å². The Morgan fingerprint density at radius 1 is 0.976 bits per heavy atom. The first-order valence-corrected chi connectivity index (χ1v) is 15.5. The molecule has 41 heavy (non-hydrogen) atoms. The van der Waals surface area contributed by atoms with E-state index in [9.17, 15) is 9.59 Å². The van der Waals surface area contributed by atoms with Crippen LogP contribution in [-0.4, -0.2) is 74.2 Å². The lowest BCUT2D eigenvalue weighted by Crippen LogP contribution is -2.37. The number of amides is 2. The number of carbonyl (C=O) groups is 2. The number of anilines is 3. The lowest BCUT2D eigenvalue weighted by Gasteiger charge is -2.31. The second-order valence-electron chi connectivity index (χ2n) is 9.85. The maximum Gasteiger partial charge on any atom is 0.267 e. The van der Waals surface area contributed by atoms with Gasteiger partial charge in [-0.3, -0.25) is 9.59 Å². The monoisotopic (exact) mass is 636 g/mol. The van der Waals surface area contributed by atoms with E-state index in [-0.39, 0.29) is 5.56 Å². The SMILES string of the molecule is O=C(Nc1ccc(Cl)cn1)c1cc(Cl)cc(N2CCOCC2)c1NC(=O)c1scc(CNCCN2CCCC2)c1Cl. The molecule has 2 aromatic heterocycles. The Kier molecular flexibility index (Phi) is 10.4. The van der Waals surface area contributed by atoms with Gasteiger partial charge in [0.1, 0.15) is 10.7 Å². The van der Waals surface area contributed by atoms with Crippen molar-refractivity contribution in [1.82, 2.24) is 15.2 Å². The molecule has 3 aromatic rings. The Hall–Kier alpha value is -2.44. The first kappa shape index (κ1) is 30.0. The highest BCUT2D eigenvalue weighted by atomic mass is 35.5. The topological polar surface area (TPSA) is 98.8 Å². The molecule has 3 N–H and O–H groups in total. The van der Waals surface area contributed by atoms with Crippen molar-refractivity contribution in [3.05, 3.63) is 66.9 Å². The molecule has 4 heterocycles. The maximum atomic E-state index is 13.6. The van der Waals surface area contributed by atoms with Crippen molar-refractivity contribution in [3.8, 4) is 0 Å². The molecule has 13 heteroatoms. The highest BCUT2D eigenvalue weighted by Crippen LogP contribution is 2.36. The van der Waals surface area contributed by atoms with Crippen LogP contribution in [0.2, 0.25) is 15.1 Å². The molecular weight excluding hydrogens is 607 g/mol. The minimum Gasteiger partial charge on any atom is -0.378 e. The lowest BCUT2D eigenvalue weighted by atomic mass is 10.1. The zero-order valence-electron chi connectivity index (χ0n) is 22.4. The Morgan fingerprint density at radius 2 is 1.76 bits per heavy atom. The zero-order chi connectivity index (χ0) is 28.8. The Balaban J connectivity index is 1.36. The van der Waals surface area contributed by atoms with Crippen molar-refractivity contribution < 1.29 is 14.3 Å². The van der Waals surface area contributed by atoms with Crippen molar-refractivity contribution in [2.24, 2.45) is 0 Å². The van der Waals surface area contributed by atoms with Gasteiger partial charge in [-0.05, 0) is 61.1 Å². The summed E-state index contributed by atoms with van der Waals surface area (Å²) in [6, 6.07) is 6.49. The molecule has 0 unspecified atom stereocenters. The van der Waals surface area contributed by atoms with Gasteiger partial charge in [0.05, 0.1) is 40.2 Å². The van der Waals surface area contributed by atoms with Gasteiger partial charge in [0.2, 0.25) is 0 Å². The van der Waals surface area contributed by atoms with E-state index in [0.717, 1.165) is 31.7 Å². The smallest absolute Gasteiger partial charge is 0.267 e. The average molecular weight is 638 g/mol. The Labute approximate surface area is 258 Å². The van der Waals surface area contributed by atoms with Crippen LogP contribution in [0.4, 0.5) is 17.2 Å². The molecule has 2 saturated heterocycles. The van der Waals surface area contributed by atoms with Gasteiger partial charge in [0.25, 0.3) is 11.8 Å². The number of nitrogens with one attached hydrogen (secondary N) is 3. The van der Waals surface area contributed by atoms with E-state index in [0.29, 0.717) is 70.0 Å². The molecule has 2 amide bonds. The first-order valence-electron chi connectivity index (χ1n) is 13.5. The number of aromatic nitrogens is 1. The van der Waals surface area contributed by atoms with E-state index in [1.165, 1.54) is 36.4 Å². The fourth-order valence-corrected chi connectivity index (χ4v) is 6.46. The molecule has 9 nitrogen and oxygen atoms in total. The fourth-order valence-electron chi connectivity index (χ4n) is 4.88. The number of hydrogen-bond donors (Lipinski definition) is 3. The van der Waals surface area contributed by atoms with Crippen molar-refractivity contribution in [1.29, 1.82) is 0 Å². The zero-order valence-corrected chi connectivity index (χ0v) is 25.4. The summed E-state index contributed by atoms with van der Waals surface area (Å²) in [5, 5.41) is 12.3. The van der Waals surface area contributed by atoms with Gasteiger partial charge in [-0.1, -0.05) is 34.8 Å². The van der Waals surface area contributed by atoms with E-state index in [2.05, 4.69) is 25.8 Å². The number of rotatable bonds is 10. The van der Waals surface area contributed by atoms with Crippen molar-refractivity contribution in [2.45, 2.75) is 19.4 Å². The molecule has 218 valence electrons. The quantitative estimate of drug-likeness (QED) is 0.248. The summed E-state index contributed by atoms with van der Waals surface area (Å²) in [6.07, 6.45) is 3.96. The number of thiophene rings is 1. The standard InChI is InChI=1S/C28H31Cl3N6O3S/c29-19-3-4-23(33-16-19)34-27(38)21-13-20(30)14-22(37-9-11-40-12-10-37)25(21)35-28(39)26-24(31)18(17-41-26)15-32-5-8-36-6-1-2-7-36/h3-4,13-14,16-17,32H,1-2,5-12,15H2,(H,35,39)(H,33,34,38). The predicted molar refractivity (Wildman–Crippen MR) is 166 cm³/mol. The second kappa shape index (κ2) is 14.2. The van der Waals surface area contributed by atoms with E-state index < -0.39 is 11.8 Å². The van der Waals surface area contributed by atoms with Crippen molar-refractivity contribution in [3.63, 3.8) is 0 Å². The van der Waals surface area contributed by atoms with Gasteiger partial charge in [0, 0.05) is 43.9 Å². The van der Waals surface area contributed by atoms with Crippen LogP contribution in [0.25, 0.3) is 0 Å². The van der Waals surface area contributed by atoms with Crippen LogP contribution in [0.1, 0.15) is 38.4 Å². The molecule has 0 spiro atoms. The highest BCUT2D eigenvalue weighted by Gasteiger charge is 2.26. The van der Waals surface area contributed by atoms with Crippen molar-refractivity contribution in [2.75, 3.05) is 68.0 Å². The largest absolute Gasteiger partial charge is 0.378 e. The van der Waals surface area contributed by atoms with E-state index >= 15 is 0 Å². The number of nitrogens with zero attached hydrogens (tertiary/aromatic N) is 3. The molecule has 5 rings (SSSR count). The minimum atomic E-state index is -0.479. The number of pyridine rings is 1. The van der Waals surface area contributed by atoms with Gasteiger partial charge in [-0.2, -0.15) is 0 Å². The Morgan fingerprint density at radius 3 is 2.49 bits per heavy atom. The fraction of sp³-hybridized carbons (Fsp3) is 0.393. The molecule has 0 aliphatic carbocycles. The summed E-state index contributed by atoms with van der Waals surface area (Å²) in [5.74, 6) is -0.570. The van der Waals surface area contributed by atoms with Gasteiger partial charge in [0.15, 0.2) is 0 Å². The van der Waals surface area contributed by atoms with Crippen LogP contribution in [0.15, 0.2) is 35.8 Å². The first-order chi connectivity index (χ1) is 19.9. The van der Waals surface area contributed by atoms with Gasteiger partial charge in [-0.25, -0.2) is 4.98 Å². The lowest BCUT2D eigenvalue weighted by molar-refractivity contribution is 0.102. The van der Waals surface area contributed by atoms with Crippen LogP contribution >= 0.6 is 46.1 Å². The van der Waals surface area contributed by atoms with Crippen LogP contribution in [0.5, 0.6) is 0 Å². The molecule has 2 fully saturated rings. The summed E-state index contributed by atoms with van der Waals surface area (Å²) >= 11 is 20.4. The average Bonchev–Trinajstić information content (AvgIpc) is 3.63. The summed E-state index contributed by atoms with van der Waals surface area (Å²) in [5.41, 5.74) is 2.02. The maximum absolute atomic E-state index is 13.6. The number of likely N-dealkylation sites (tertiary alicyclic amines) is 1. The molecule has 1 aromatic carbocycles. The van der Waals surface area contributed by atoms with E-state index in [1.54, 1.807) is 18.2 Å². The Bertz CT molecular complexity index is 1380. The third-order valence-electron chi connectivity index (χ3n) is 7.01. The number of hydrogen-bond acceptors (Lipinski definition) is 8. The van der Waals surface area contributed by atoms with Crippen LogP contribution < -0.4 is 20.9 Å². The molecule has 0 saturated carbocycles. The number of halogens is 3. The van der Waals surface area contributed by atoms with Crippen LogP contribution in [-0.2, 0) is 11.3 Å². The highest BCUT2D eigenvalue weighted by molar-refractivity contribution is 7.13. The summed E-state index contributed by atoms with van der Waals surface area (Å²) < 4.78 is 5.51. The van der Waals surface area contributed by atoms with Crippen molar-refractivity contribution >= 4 is 75.1 Å².